The molecule has 1 heterocycles. The molecule has 0 aromatic heterocycles. The summed E-state index contributed by atoms with van der Waals surface area (Å²) in [5, 5.41) is 3.34. The Balaban J connectivity index is 1.69. The van der Waals surface area contributed by atoms with E-state index in [-0.39, 0.29) is 11.9 Å². The van der Waals surface area contributed by atoms with Gasteiger partial charge in [-0.1, -0.05) is 0 Å². The molecule has 1 aromatic rings. The molecule has 1 aliphatic heterocycles. The second-order valence-corrected chi connectivity index (χ2v) is 5.73. The molecule has 1 saturated heterocycles. The molecular formula is C16H23FN2O. The zero-order valence-corrected chi connectivity index (χ0v) is 11.9. The summed E-state index contributed by atoms with van der Waals surface area (Å²) in [6.07, 6.45) is 5.99. The molecular weight excluding hydrogens is 255 g/mol. The lowest BCUT2D eigenvalue weighted by Crippen LogP contribution is -2.28. The minimum atomic E-state index is -0.164. The van der Waals surface area contributed by atoms with E-state index in [0.717, 1.165) is 45.4 Å². The summed E-state index contributed by atoms with van der Waals surface area (Å²) in [7, 11) is 0. The fourth-order valence-electron chi connectivity index (χ4n) is 3.10. The molecule has 0 amide bonds. The fourth-order valence-corrected chi connectivity index (χ4v) is 3.10. The first-order valence-electron chi connectivity index (χ1n) is 7.75. The van der Waals surface area contributed by atoms with Gasteiger partial charge in [-0.05, 0) is 50.8 Å². The van der Waals surface area contributed by atoms with Crippen LogP contribution in [0.2, 0.25) is 0 Å². The van der Waals surface area contributed by atoms with Crippen LogP contribution < -0.4 is 15.0 Å². The van der Waals surface area contributed by atoms with Crippen molar-refractivity contribution in [3.63, 3.8) is 0 Å². The lowest BCUT2D eigenvalue weighted by atomic mass is 10.2. The molecule has 110 valence electrons. The molecule has 1 saturated carbocycles. The maximum absolute atomic E-state index is 14.3. The van der Waals surface area contributed by atoms with Gasteiger partial charge in [0.05, 0.1) is 11.8 Å². The number of nitrogens with zero attached hydrogens (tertiary/aromatic N) is 1. The summed E-state index contributed by atoms with van der Waals surface area (Å²) in [4.78, 5) is 2.12. The number of halogens is 1. The third-order valence-corrected chi connectivity index (χ3v) is 4.20. The zero-order chi connectivity index (χ0) is 13.8. The molecule has 3 nitrogen and oxygen atoms in total. The van der Waals surface area contributed by atoms with Gasteiger partial charge in [-0.25, -0.2) is 4.39 Å². The normalized spacial score (nSPS) is 20.9. The van der Waals surface area contributed by atoms with Crippen molar-refractivity contribution >= 4 is 5.69 Å². The smallest absolute Gasteiger partial charge is 0.150 e. The zero-order valence-electron chi connectivity index (χ0n) is 11.9. The van der Waals surface area contributed by atoms with Crippen LogP contribution in [-0.4, -0.2) is 32.3 Å². The molecule has 0 atom stereocenters. The minimum absolute atomic E-state index is 0.164. The molecule has 0 spiro atoms. The van der Waals surface area contributed by atoms with E-state index >= 15 is 0 Å². The Kier molecular flexibility index (Phi) is 4.41. The SMILES string of the molecule is Fc1cc(OC2CCCC2)ccc1N1CCCNCC1. The summed E-state index contributed by atoms with van der Waals surface area (Å²) in [6, 6.07) is 5.33. The molecule has 20 heavy (non-hydrogen) atoms. The van der Waals surface area contributed by atoms with Crippen LogP contribution in [0.5, 0.6) is 5.75 Å². The number of anilines is 1. The highest BCUT2D eigenvalue weighted by molar-refractivity contribution is 5.50. The van der Waals surface area contributed by atoms with Crippen LogP contribution in [0.15, 0.2) is 18.2 Å². The number of hydrogen-bond donors (Lipinski definition) is 1. The van der Waals surface area contributed by atoms with E-state index in [1.807, 2.05) is 12.1 Å². The molecule has 2 aliphatic rings. The molecule has 0 radical (unpaired) electrons. The van der Waals surface area contributed by atoms with E-state index in [1.54, 1.807) is 6.07 Å². The van der Waals surface area contributed by atoms with Gasteiger partial charge in [0, 0.05) is 25.7 Å². The van der Waals surface area contributed by atoms with E-state index in [2.05, 4.69) is 10.2 Å². The highest BCUT2D eigenvalue weighted by atomic mass is 19.1. The van der Waals surface area contributed by atoms with Gasteiger partial charge >= 0.3 is 0 Å². The number of nitrogens with one attached hydrogen (secondary N) is 1. The second kappa shape index (κ2) is 6.44. The molecule has 1 N–H and O–H groups in total. The number of rotatable bonds is 3. The van der Waals surface area contributed by atoms with Crippen LogP contribution in [0.4, 0.5) is 10.1 Å². The number of hydrogen-bond acceptors (Lipinski definition) is 3. The highest BCUT2D eigenvalue weighted by Crippen LogP contribution is 2.28. The Hall–Kier alpha value is -1.29. The highest BCUT2D eigenvalue weighted by Gasteiger charge is 2.18. The van der Waals surface area contributed by atoms with Crippen molar-refractivity contribution in [2.45, 2.75) is 38.2 Å². The first-order valence-corrected chi connectivity index (χ1v) is 7.75. The molecule has 0 unspecified atom stereocenters. The third kappa shape index (κ3) is 3.23. The summed E-state index contributed by atoms with van der Waals surface area (Å²) in [5.74, 6) is 0.508. The number of benzene rings is 1. The van der Waals surface area contributed by atoms with Crippen molar-refractivity contribution in [1.29, 1.82) is 0 Å². The Bertz CT molecular complexity index is 438. The Morgan fingerprint density at radius 3 is 2.75 bits per heavy atom. The topological polar surface area (TPSA) is 24.5 Å². The van der Waals surface area contributed by atoms with E-state index in [1.165, 1.54) is 12.8 Å². The molecule has 4 heteroatoms. The van der Waals surface area contributed by atoms with Gasteiger partial charge in [0.25, 0.3) is 0 Å². The molecule has 3 rings (SSSR count). The van der Waals surface area contributed by atoms with Gasteiger partial charge in [0.15, 0.2) is 0 Å². The maximum atomic E-state index is 14.3. The van der Waals surface area contributed by atoms with Crippen molar-refractivity contribution in [3.8, 4) is 5.75 Å². The maximum Gasteiger partial charge on any atom is 0.150 e. The van der Waals surface area contributed by atoms with Gasteiger partial charge in [-0.3, -0.25) is 0 Å². The average molecular weight is 278 g/mol. The second-order valence-electron chi connectivity index (χ2n) is 5.73. The number of ether oxygens (including phenoxy) is 1. The summed E-state index contributed by atoms with van der Waals surface area (Å²) < 4.78 is 20.2. The lowest BCUT2D eigenvalue weighted by molar-refractivity contribution is 0.209. The quantitative estimate of drug-likeness (QED) is 0.920. The Morgan fingerprint density at radius 1 is 1.10 bits per heavy atom. The third-order valence-electron chi connectivity index (χ3n) is 4.20. The summed E-state index contributed by atoms with van der Waals surface area (Å²) in [5.41, 5.74) is 0.701. The van der Waals surface area contributed by atoms with Crippen LogP contribution >= 0.6 is 0 Å². The largest absolute Gasteiger partial charge is 0.490 e. The fraction of sp³-hybridized carbons (Fsp3) is 0.625. The first kappa shape index (κ1) is 13.7. The van der Waals surface area contributed by atoms with Crippen LogP contribution in [0.1, 0.15) is 32.1 Å². The van der Waals surface area contributed by atoms with Crippen molar-refractivity contribution in [3.05, 3.63) is 24.0 Å². The average Bonchev–Trinajstić information content (AvgIpc) is 2.80. The molecule has 1 aliphatic carbocycles. The van der Waals surface area contributed by atoms with Crippen LogP contribution in [-0.2, 0) is 0 Å². The summed E-state index contributed by atoms with van der Waals surface area (Å²) >= 11 is 0. The predicted molar refractivity (Wildman–Crippen MR) is 79.0 cm³/mol. The Morgan fingerprint density at radius 2 is 1.95 bits per heavy atom. The Labute approximate surface area is 120 Å². The lowest BCUT2D eigenvalue weighted by Gasteiger charge is -2.23. The van der Waals surface area contributed by atoms with Crippen molar-refractivity contribution in [2.75, 3.05) is 31.1 Å². The van der Waals surface area contributed by atoms with Crippen molar-refractivity contribution in [2.24, 2.45) is 0 Å². The van der Waals surface area contributed by atoms with Gasteiger partial charge in [0.2, 0.25) is 0 Å². The predicted octanol–water partition coefficient (Wildman–Crippen LogP) is 2.95. The summed E-state index contributed by atoms with van der Waals surface area (Å²) in [6.45, 7) is 3.70. The standard InChI is InChI=1S/C16H23FN2O/c17-15-12-14(20-13-4-1-2-5-13)6-7-16(15)19-10-3-8-18-9-11-19/h6-7,12-13,18H,1-5,8-11H2. The van der Waals surface area contributed by atoms with Gasteiger partial charge in [-0.2, -0.15) is 0 Å². The first-order chi connectivity index (χ1) is 9.83. The van der Waals surface area contributed by atoms with Crippen molar-refractivity contribution in [1.82, 2.24) is 5.32 Å². The molecule has 2 fully saturated rings. The molecule has 1 aromatic carbocycles. The van der Waals surface area contributed by atoms with Crippen LogP contribution in [0.3, 0.4) is 0 Å². The van der Waals surface area contributed by atoms with E-state index in [0.29, 0.717) is 11.4 Å². The van der Waals surface area contributed by atoms with Gasteiger partial charge < -0.3 is 15.0 Å². The van der Waals surface area contributed by atoms with E-state index < -0.39 is 0 Å². The van der Waals surface area contributed by atoms with Crippen LogP contribution in [0.25, 0.3) is 0 Å². The van der Waals surface area contributed by atoms with Crippen molar-refractivity contribution < 1.29 is 9.13 Å². The van der Waals surface area contributed by atoms with E-state index in [9.17, 15) is 4.39 Å². The van der Waals surface area contributed by atoms with Gasteiger partial charge in [-0.15, -0.1) is 0 Å². The van der Waals surface area contributed by atoms with Crippen LogP contribution in [0, 0.1) is 5.82 Å². The minimum Gasteiger partial charge on any atom is -0.490 e. The monoisotopic (exact) mass is 278 g/mol. The van der Waals surface area contributed by atoms with Gasteiger partial charge in [0.1, 0.15) is 11.6 Å². The van der Waals surface area contributed by atoms with E-state index in [4.69, 9.17) is 4.74 Å². The molecule has 0 bridgehead atoms.